The number of rotatable bonds is 10. The van der Waals surface area contributed by atoms with Crippen molar-refractivity contribution in [3.63, 3.8) is 0 Å². The molecule has 3 heterocycles. The van der Waals surface area contributed by atoms with Crippen molar-refractivity contribution in [3.8, 4) is 5.75 Å². The van der Waals surface area contributed by atoms with Gasteiger partial charge in [0.1, 0.15) is 24.4 Å². The SMILES string of the molecule is COCCOc1ccc(NC(=O)[C@@H]2CC[C@@H]3CCN(C(C)=O)C[C@H](NC(=O)c4cc5cc(C(F)(F)P(=O)(O)O)ccc5s4)C(=O)N32)cc1. The molecule has 3 atom stereocenters. The van der Waals surface area contributed by atoms with E-state index in [-0.39, 0.29) is 28.8 Å². The minimum absolute atomic E-state index is 0.0489. The minimum atomic E-state index is -5.80. The van der Waals surface area contributed by atoms with Gasteiger partial charge < -0.3 is 39.7 Å². The van der Waals surface area contributed by atoms with Crippen LogP contribution in [0, 0.1) is 0 Å². The van der Waals surface area contributed by atoms with Crippen LogP contribution < -0.4 is 15.4 Å². The maximum atomic E-state index is 14.3. The molecule has 17 heteroatoms. The van der Waals surface area contributed by atoms with Gasteiger partial charge >= 0.3 is 13.3 Å². The lowest BCUT2D eigenvalue weighted by Crippen LogP contribution is -2.60. The zero-order valence-corrected chi connectivity index (χ0v) is 27.8. The Hall–Kier alpha value is -3.95. The van der Waals surface area contributed by atoms with Crippen LogP contribution in [-0.2, 0) is 29.3 Å². The van der Waals surface area contributed by atoms with Crippen LogP contribution in [0.4, 0.5) is 14.5 Å². The van der Waals surface area contributed by atoms with E-state index in [9.17, 15) is 32.5 Å². The fourth-order valence-corrected chi connectivity index (χ4v) is 7.29. The van der Waals surface area contributed by atoms with Crippen molar-refractivity contribution >= 4 is 58.3 Å². The number of ether oxygens (including phenoxy) is 2. The summed E-state index contributed by atoms with van der Waals surface area (Å²) >= 11 is 0.935. The summed E-state index contributed by atoms with van der Waals surface area (Å²) in [5, 5.41) is 5.68. The van der Waals surface area contributed by atoms with Gasteiger partial charge in [0.2, 0.25) is 17.7 Å². The van der Waals surface area contributed by atoms with Gasteiger partial charge in [-0.05, 0) is 67.1 Å². The number of methoxy groups -OCH3 is 1. The first-order valence-corrected chi connectivity index (χ1v) is 17.5. The van der Waals surface area contributed by atoms with E-state index in [4.69, 9.17) is 19.3 Å². The van der Waals surface area contributed by atoms with Gasteiger partial charge in [-0.25, -0.2) is 0 Å². The van der Waals surface area contributed by atoms with Gasteiger partial charge in [0, 0.05) is 49.1 Å². The third kappa shape index (κ3) is 7.52. The molecule has 0 saturated carbocycles. The molecule has 4 amide bonds. The van der Waals surface area contributed by atoms with E-state index >= 15 is 0 Å². The van der Waals surface area contributed by atoms with Crippen LogP contribution in [0.3, 0.4) is 0 Å². The number of carbonyl (C=O) groups excluding carboxylic acids is 4. The molecule has 48 heavy (non-hydrogen) atoms. The summed E-state index contributed by atoms with van der Waals surface area (Å²) in [5.74, 6) is -1.36. The van der Waals surface area contributed by atoms with Crippen molar-refractivity contribution in [2.24, 2.45) is 0 Å². The number of anilines is 1. The average Bonchev–Trinajstić information content (AvgIpc) is 3.66. The Morgan fingerprint density at radius 3 is 2.46 bits per heavy atom. The van der Waals surface area contributed by atoms with E-state index in [2.05, 4.69) is 10.6 Å². The molecule has 3 aromatic rings. The highest BCUT2D eigenvalue weighted by Crippen LogP contribution is 2.59. The summed E-state index contributed by atoms with van der Waals surface area (Å²) in [4.78, 5) is 74.7. The van der Waals surface area contributed by atoms with E-state index in [1.165, 1.54) is 28.9 Å². The van der Waals surface area contributed by atoms with Gasteiger partial charge in [0.15, 0.2) is 0 Å². The van der Waals surface area contributed by atoms with Gasteiger partial charge in [-0.3, -0.25) is 23.7 Å². The lowest BCUT2D eigenvalue weighted by molar-refractivity contribution is -0.143. The third-order valence-electron chi connectivity index (χ3n) is 8.37. The Balaban J connectivity index is 1.34. The number of hydrogen-bond donors (Lipinski definition) is 4. The number of nitrogens with one attached hydrogen (secondary N) is 2. The summed E-state index contributed by atoms with van der Waals surface area (Å²) in [6.45, 7) is 2.30. The van der Waals surface area contributed by atoms with Gasteiger partial charge in [0.05, 0.1) is 11.5 Å². The van der Waals surface area contributed by atoms with Crippen LogP contribution >= 0.6 is 18.9 Å². The fraction of sp³-hybridized carbons (Fsp3) is 0.419. The molecule has 0 radical (unpaired) electrons. The first-order valence-electron chi connectivity index (χ1n) is 15.1. The second-order valence-electron chi connectivity index (χ2n) is 11.6. The van der Waals surface area contributed by atoms with Crippen molar-refractivity contribution in [1.82, 2.24) is 15.1 Å². The Labute approximate surface area is 278 Å². The number of fused-ring (bicyclic) bond motifs is 2. The Morgan fingerprint density at radius 2 is 1.79 bits per heavy atom. The second kappa shape index (κ2) is 14.3. The van der Waals surface area contributed by atoms with Crippen molar-refractivity contribution in [3.05, 3.63) is 59.0 Å². The quantitative estimate of drug-likeness (QED) is 0.182. The van der Waals surface area contributed by atoms with Crippen molar-refractivity contribution in [1.29, 1.82) is 0 Å². The van der Waals surface area contributed by atoms with Gasteiger partial charge in [-0.1, -0.05) is 6.07 Å². The Kier molecular flexibility index (Phi) is 10.5. The standard InChI is InChI=1S/C31H35F2N4O9PS/c1-18(38)36-12-11-22-6-9-25(28(39)34-21-4-7-23(8-5-21)46-14-13-45-2)37(22)30(41)24(17-36)35-29(40)27-16-19-15-20(3-10-26(19)48-27)31(32,33)47(42,43)44/h3-5,7-8,10,15-16,22,24-25H,6,9,11-14,17H2,1-2H3,(H,34,39)(H,35,40)(H2,42,43,44)/t22-,24+,25+/m1/s1. The normalized spacial score (nSPS) is 20.2. The number of alkyl halides is 2. The highest BCUT2D eigenvalue weighted by Gasteiger charge is 2.50. The van der Waals surface area contributed by atoms with Crippen LogP contribution in [0.15, 0.2) is 48.5 Å². The average molecular weight is 709 g/mol. The number of hydrogen-bond acceptors (Lipinski definition) is 8. The lowest BCUT2D eigenvalue weighted by atomic mass is 10.1. The van der Waals surface area contributed by atoms with Crippen LogP contribution in [0.1, 0.15) is 41.4 Å². The maximum absolute atomic E-state index is 14.3. The molecule has 0 bridgehead atoms. The second-order valence-corrected chi connectivity index (χ2v) is 14.3. The zero-order valence-electron chi connectivity index (χ0n) is 26.1. The molecule has 2 aliphatic rings. The summed E-state index contributed by atoms with van der Waals surface area (Å²) in [5.41, 5.74) is -4.83. The molecule has 258 valence electrons. The summed E-state index contributed by atoms with van der Waals surface area (Å²) in [6, 6.07) is 8.64. The third-order valence-corrected chi connectivity index (χ3v) is 10.5. The zero-order chi connectivity index (χ0) is 34.8. The largest absolute Gasteiger partial charge is 0.491 e. The van der Waals surface area contributed by atoms with Crippen LogP contribution in [-0.4, -0.2) is 94.8 Å². The molecule has 5 rings (SSSR count). The summed E-state index contributed by atoms with van der Waals surface area (Å²) in [6.07, 6.45) is 1.33. The Morgan fingerprint density at radius 1 is 1.06 bits per heavy atom. The minimum Gasteiger partial charge on any atom is -0.491 e. The highest BCUT2D eigenvalue weighted by atomic mass is 32.1. The topological polar surface area (TPSA) is 175 Å². The van der Waals surface area contributed by atoms with Gasteiger partial charge in [0.25, 0.3) is 5.91 Å². The van der Waals surface area contributed by atoms with E-state index < -0.39 is 48.6 Å². The number of benzene rings is 2. The predicted octanol–water partition coefficient (Wildman–Crippen LogP) is 3.50. The number of thiophene rings is 1. The van der Waals surface area contributed by atoms with Crippen molar-refractivity contribution < 1.29 is 51.8 Å². The molecule has 13 nitrogen and oxygen atoms in total. The van der Waals surface area contributed by atoms with E-state index in [1.54, 1.807) is 31.4 Å². The monoisotopic (exact) mass is 708 g/mol. The number of nitrogens with zero attached hydrogens (tertiary/aromatic N) is 2. The molecule has 0 unspecified atom stereocenters. The first kappa shape index (κ1) is 35.4. The maximum Gasteiger partial charge on any atom is 0.399 e. The summed E-state index contributed by atoms with van der Waals surface area (Å²) in [7, 11) is -4.24. The lowest BCUT2D eigenvalue weighted by Gasteiger charge is -2.38. The molecular formula is C31H35F2N4O9PS. The van der Waals surface area contributed by atoms with Gasteiger partial charge in [-0.2, -0.15) is 8.78 Å². The van der Waals surface area contributed by atoms with Gasteiger partial charge in [-0.15, -0.1) is 11.3 Å². The number of carbonyl (C=O) groups is 4. The van der Waals surface area contributed by atoms with Crippen molar-refractivity contribution in [2.75, 3.05) is 38.7 Å². The fourth-order valence-electron chi connectivity index (χ4n) is 5.87. The molecule has 2 aliphatic heterocycles. The predicted molar refractivity (Wildman–Crippen MR) is 172 cm³/mol. The van der Waals surface area contributed by atoms with E-state index in [0.29, 0.717) is 55.2 Å². The molecule has 4 N–H and O–H groups in total. The molecule has 2 saturated heterocycles. The molecular weight excluding hydrogens is 673 g/mol. The van der Waals surface area contributed by atoms with Crippen LogP contribution in [0.5, 0.6) is 5.75 Å². The van der Waals surface area contributed by atoms with Crippen LogP contribution in [0.25, 0.3) is 10.1 Å². The molecule has 0 aliphatic carbocycles. The Bertz CT molecular complexity index is 1750. The molecule has 2 fully saturated rings. The smallest absolute Gasteiger partial charge is 0.399 e. The van der Waals surface area contributed by atoms with E-state index in [0.717, 1.165) is 23.5 Å². The number of halogens is 2. The number of amides is 4. The highest BCUT2D eigenvalue weighted by molar-refractivity contribution is 7.52. The van der Waals surface area contributed by atoms with Crippen LogP contribution in [0.2, 0.25) is 0 Å². The first-order chi connectivity index (χ1) is 22.7. The van der Waals surface area contributed by atoms with E-state index in [1.807, 2.05) is 0 Å². The molecule has 1 aromatic heterocycles. The van der Waals surface area contributed by atoms with Crippen molar-refractivity contribution in [2.45, 2.75) is 50.0 Å². The molecule has 0 spiro atoms. The summed E-state index contributed by atoms with van der Waals surface area (Å²) < 4.78 is 50.9. The molecule has 2 aromatic carbocycles.